The molecule has 5 heteroatoms. The van der Waals surface area contributed by atoms with Crippen molar-refractivity contribution in [3.63, 3.8) is 0 Å². The zero-order valence-electron chi connectivity index (χ0n) is 13.5. The van der Waals surface area contributed by atoms with Gasteiger partial charge in [0, 0.05) is 17.8 Å². The number of benzene rings is 1. The highest BCUT2D eigenvalue weighted by atomic mass is 16.6. The molecule has 0 saturated heterocycles. The molecule has 5 nitrogen and oxygen atoms in total. The van der Waals surface area contributed by atoms with Crippen LogP contribution in [0.5, 0.6) is 0 Å². The van der Waals surface area contributed by atoms with E-state index in [0.717, 1.165) is 11.3 Å². The van der Waals surface area contributed by atoms with Crippen molar-refractivity contribution in [3.05, 3.63) is 42.6 Å². The van der Waals surface area contributed by atoms with Crippen molar-refractivity contribution in [2.75, 3.05) is 0 Å². The van der Waals surface area contributed by atoms with Gasteiger partial charge in [-0.1, -0.05) is 30.3 Å². The fourth-order valence-corrected chi connectivity index (χ4v) is 2.06. The van der Waals surface area contributed by atoms with Crippen molar-refractivity contribution in [3.8, 4) is 11.3 Å². The predicted octanol–water partition coefficient (Wildman–Crippen LogP) is 3.46. The van der Waals surface area contributed by atoms with Crippen LogP contribution in [-0.4, -0.2) is 27.5 Å². The number of amides is 1. The van der Waals surface area contributed by atoms with Crippen LogP contribution < -0.4 is 5.32 Å². The normalized spacial score (nSPS) is 12.7. The van der Waals surface area contributed by atoms with Crippen molar-refractivity contribution in [2.45, 2.75) is 45.9 Å². The van der Waals surface area contributed by atoms with E-state index >= 15 is 0 Å². The third-order valence-electron chi connectivity index (χ3n) is 2.93. The Morgan fingerprint density at radius 2 is 1.95 bits per heavy atom. The Kier molecular flexibility index (Phi) is 4.85. The first-order valence-corrected chi connectivity index (χ1v) is 7.42. The maximum atomic E-state index is 11.7. The molecule has 2 rings (SSSR count). The number of aromatic nitrogens is 2. The second kappa shape index (κ2) is 6.64. The van der Waals surface area contributed by atoms with E-state index in [1.807, 2.05) is 75.0 Å². The van der Waals surface area contributed by atoms with Gasteiger partial charge in [0.15, 0.2) is 0 Å². The molecule has 0 bridgehead atoms. The topological polar surface area (TPSA) is 56.2 Å². The van der Waals surface area contributed by atoms with Crippen LogP contribution in [0.25, 0.3) is 11.3 Å². The lowest BCUT2D eigenvalue weighted by atomic mass is 10.2. The van der Waals surface area contributed by atoms with E-state index in [4.69, 9.17) is 4.74 Å². The Hall–Kier alpha value is -2.30. The van der Waals surface area contributed by atoms with E-state index in [9.17, 15) is 4.79 Å². The van der Waals surface area contributed by atoms with Crippen molar-refractivity contribution < 1.29 is 9.53 Å². The second-order valence-corrected chi connectivity index (χ2v) is 6.34. The molecule has 1 aromatic carbocycles. The molecule has 0 aliphatic carbocycles. The minimum absolute atomic E-state index is 0.0710. The minimum atomic E-state index is -0.490. The SMILES string of the molecule is CC(Cn1ccc(-c2ccccc2)n1)NC(=O)OC(C)(C)C. The van der Waals surface area contributed by atoms with Crippen LogP contribution in [0.3, 0.4) is 0 Å². The summed E-state index contributed by atoms with van der Waals surface area (Å²) < 4.78 is 7.06. The molecule has 1 atom stereocenters. The predicted molar refractivity (Wildman–Crippen MR) is 86.5 cm³/mol. The van der Waals surface area contributed by atoms with Crippen LogP contribution in [0, 0.1) is 0 Å². The monoisotopic (exact) mass is 301 g/mol. The standard InChI is InChI=1S/C17H23N3O2/c1-13(18-16(21)22-17(2,3)4)12-20-11-10-15(19-20)14-8-6-5-7-9-14/h5-11,13H,12H2,1-4H3,(H,18,21). The molecule has 1 amide bonds. The van der Waals surface area contributed by atoms with Crippen molar-refractivity contribution >= 4 is 6.09 Å². The van der Waals surface area contributed by atoms with Crippen LogP contribution in [0.1, 0.15) is 27.7 Å². The van der Waals surface area contributed by atoms with Gasteiger partial charge in [-0.05, 0) is 33.8 Å². The summed E-state index contributed by atoms with van der Waals surface area (Å²) in [6, 6.07) is 11.9. The Bertz CT molecular complexity index is 614. The van der Waals surface area contributed by atoms with Gasteiger partial charge >= 0.3 is 6.09 Å². The Balaban J connectivity index is 1.91. The van der Waals surface area contributed by atoms with E-state index in [-0.39, 0.29) is 6.04 Å². The number of carbonyl (C=O) groups excluding carboxylic acids is 1. The molecule has 1 N–H and O–H groups in total. The van der Waals surface area contributed by atoms with Crippen LogP contribution in [0.15, 0.2) is 42.6 Å². The summed E-state index contributed by atoms with van der Waals surface area (Å²) in [6.07, 6.45) is 1.51. The summed E-state index contributed by atoms with van der Waals surface area (Å²) in [5.74, 6) is 0. The quantitative estimate of drug-likeness (QED) is 0.941. The Morgan fingerprint density at radius 1 is 1.27 bits per heavy atom. The Labute approximate surface area is 131 Å². The molecule has 0 aliphatic heterocycles. The van der Waals surface area contributed by atoms with Gasteiger partial charge in [0.1, 0.15) is 5.60 Å². The van der Waals surface area contributed by atoms with Gasteiger partial charge in [-0.25, -0.2) is 4.79 Å². The first kappa shape index (κ1) is 16.1. The maximum absolute atomic E-state index is 11.7. The van der Waals surface area contributed by atoms with Crippen LogP contribution >= 0.6 is 0 Å². The largest absolute Gasteiger partial charge is 0.444 e. The van der Waals surface area contributed by atoms with Gasteiger partial charge in [-0.2, -0.15) is 5.10 Å². The summed E-state index contributed by atoms with van der Waals surface area (Å²) in [7, 11) is 0. The number of alkyl carbamates (subject to hydrolysis) is 1. The highest BCUT2D eigenvalue weighted by molar-refractivity contribution is 5.68. The average molecular weight is 301 g/mol. The van der Waals surface area contributed by atoms with E-state index in [0.29, 0.717) is 6.54 Å². The number of rotatable bonds is 4. The first-order valence-electron chi connectivity index (χ1n) is 7.42. The van der Waals surface area contributed by atoms with Crippen LogP contribution in [0.2, 0.25) is 0 Å². The second-order valence-electron chi connectivity index (χ2n) is 6.34. The van der Waals surface area contributed by atoms with E-state index in [2.05, 4.69) is 10.4 Å². The van der Waals surface area contributed by atoms with Gasteiger partial charge in [0.2, 0.25) is 0 Å². The fraction of sp³-hybridized carbons (Fsp3) is 0.412. The van der Waals surface area contributed by atoms with Gasteiger partial charge in [0.25, 0.3) is 0 Å². The molecule has 2 aromatic rings. The number of hydrogen-bond acceptors (Lipinski definition) is 3. The molecule has 0 aliphatic rings. The Morgan fingerprint density at radius 3 is 2.59 bits per heavy atom. The molecule has 1 aromatic heterocycles. The van der Waals surface area contributed by atoms with E-state index in [1.54, 1.807) is 0 Å². The third kappa shape index (κ3) is 4.91. The smallest absolute Gasteiger partial charge is 0.407 e. The molecule has 0 saturated carbocycles. The number of hydrogen-bond donors (Lipinski definition) is 1. The lowest BCUT2D eigenvalue weighted by Gasteiger charge is -2.21. The van der Waals surface area contributed by atoms with Crippen molar-refractivity contribution in [1.29, 1.82) is 0 Å². The van der Waals surface area contributed by atoms with Gasteiger partial charge in [-0.3, -0.25) is 4.68 Å². The highest BCUT2D eigenvalue weighted by Gasteiger charge is 2.17. The molecule has 1 heterocycles. The summed E-state index contributed by atoms with van der Waals surface area (Å²) in [4.78, 5) is 11.7. The minimum Gasteiger partial charge on any atom is -0.444 e. The average Bonchev–Trinajstić information content (AvgIpc) is 2.85. The number of nitrogens with one attached hydrogen (secondary N) is 1. The third-order valence-corrected chi connectivity index (χ3v) is 2.93. The zero-order valence-corrected chi connectivity index (χ0v) is 13.5. The molecule has 0 spiro atoms. The number of carbonyl (C=O) groups is 1. The first-order chi connectivity index (χ1) is 10.3. The maximum Gasteiger partial charge on any atom is 0.407 e. The lowest BCUT2D eigenvalue weighted by molar-refractivity contribution is 0.0503. The van der Waals surface area contributed by atoms with Gasteiger partial charge in [0.05, 0.1) is 12.2 Å². The van der Waals surface area contributed by atoms with Crippen molar-refractivity contribution in [1.82, 2.24) is 15.1 Å². The summed E-state index contributed by atoms with van der Waals surface area (Å²) in [5.41, 5.74) is 1.51. The molecule has 118 valence electrons. The molecule has 22 heavy (non-hydrogen) atoms. The highest BCUT2D eigenvalue weighted by Crippen LogP contribution is 2.15. The van der Waals surface area contributed by atoms with Gasteiger partial charge in [-0.15, -0.1) is 0 Å². The van der Waals surface area contributed by atoms with Crippen molar-refractivity contribution in [2.24, 2.45) is 0 Å². The molecule has 0 fully saturated rings. The number of nitrogens with zero attached hydrogens (tertiary/aromatic N) is 2. The van der Waals surface area contributed by atoms with Gasteiger partial charge < -0.3 is 10.1 Å². The van der Waals surface area contributed by atoms with Crippen LogP contribution in [0.4, 0.5) is 4.79 Å². The molecular formula is C17H23N3O2. The lowest BCUT2D eigenvalue weighted by Crippen LogP contribution is -2.39. The summed E-state index contributed by atoms with van der Waals surface area (Å²) in [6.45, 7) is 8.05. The van der Waals surface area contributed by atoms with Crippen LogP contribution in [-0.2, 0) is 11.3 Å². The fourth-order valence-electron chi connectivity index (χ4n) is 2.06. The number of ether oxygens (including phenoxy) is 1. The summed E-state index contributed by atoms with van der Waals surface area (Å²) >= 11 is 0. The molecule has 0 radical (unpaired) electrons. The zero-order chi connectivity index (χ0) is 16.2. The summed E-state index contributed by atoms with van der Waals surface area (Å²) in [5, 5.41) is 7.34. The molecule has 1 unspecified atom stereocenters. The molecular weight excluding hydrogens is 278 g/mol. The van der Waals surface area contributed by atoms with E-state index < -0.39 is 11.7 Å². The van der Waals surface area contributed by atoms with E-state index in [1.165, 1.54) is 0 Å².